The van der Waals surface area contributed by atoms with E-state index in [9.17, 15) is 24.3 Å². The van der Waals surface area contributed by atoms with Crippen molar-refractivity contribution in [1.82, 2.24) is 5.32 Å². The van der Waals surface area contributed by atoms with E-state index in [0.717, 1.165) is 13.8 Å². The SMILES string of the molecule is CC(=O)NC1[C@@H](O)OC(COC(C)=O)[C@H](OC(C)=O)[C@H]1OC(C)=O. The molecule has 24 heavy (non-hydrogen) atoms. The fraction of sp³-hybridized carbons (Fsp3) is 0.714. The summed E-state index contributed by atoms with van der Waals surface area (Å²) in [6, 6.07) is -1.16. The van der Waals surface area contributed by atoms with Crippen LogP contribution in [0.15, 0.2) is 0 Å². The average molecular weight is 347 g/mol. The highest BCUT2D eigenvalue weighted by atomic mass is 16.7. The molecule has 136 valence electrons. The number of amides is 1. The third kappa shape index (κ3) is 5.78. The molecule has 1 amide bonds. The summed E-state index contributed by atoms with van der Waals surface area (Å²) in [5.74, 6) is -2.54. The van der Waals surface area contributed by atoms with Gasteiger partial charge in [0, 0.05) is 27.7 Å². The predicted octanol–water partition coefficient (Wildman–Crippen LogP) is -1.37. The number of hydrogen-bond acceptors (Lipinski definition) is 9. The van der Waals surface area contributed by atoms with E-state index >= 15 is 0 Å². The highest BCUT2D eigenvalue weighted by molar-refractivity contribution is 5.73. The molecule has 2 N–H and O–H groups in total. The number of rotatable bonds is 5. The van der Waals surface area contributed by atoms with Crippen LogP contribution in [0.5, 0.6) is 0 Å². The van der Waals surface area contributed by atoms with Gasteiger partial charge in [-0.15, -0.1) is 0 Å². The van der Waals surface area contributed by atoms with Crippen LogP contribution in [0.4, 0.5) is 0 Å². The molecule has 1 saturated heterocycles. The van der Waals surface area contributed by atoms with Crippen LogP contribution in [0.25, 0.3) is 0 Å². The Labute approximate surface area is 138 Å². The Hall–Kier alpha value is -2.20. The van der Waals surface area contributed by atoms with E-state index in [1.807, 2.05) is 0 Å². The molecule has 1 aliphatic rings. The maximum Gasteiger partial charge on any atom is 0.303 e. The van der Waals surface area contributed by atoms with Gasteiger partial charge >= 0.3 is 17.9 Å². The summed E-state index contributed by atoms with van der Waals surface area (Å²) in [6.45, 7) is 4.28. The standard InChI is InChI=1S/C14H21NO9/c1-6(16)15-11-13(23-9(4)19)12(22-8(3)18)10(24-14(11)20)5-21-7(2)17/h10-14,20H,5H2,1-4H3,(H,15,16)/t10?,11?,12-,13-,14-/m0/s1. The molecule has 1 rings (SSSR count). The zero-order valence-electron chi connectivity index (χ0n) is 13.8. The van der Waals surface area contributed by atoms with Gasteiger partial charge < -0.3 is 29.4 Å². The third-order valence-electron chi connectivity index (χ3n) is 3.09. The minimum atomic E-state index is -1.56. The van der Waals surface area contributed by atoms with Crippen molar-refractivity contribution in [3.8, 4) is 0 Å². The van der Waals surface area contributed by atoms with Gasteiger partial charge in [-0.05, 0) is 0 Å². The summed E-state index contributed by atoms with van der Waals surface area (Å²) >= 11 is 0. The van der Waals surface area contributed by atoms with Gasteiger partial charge in [0.25, 0.3) is 0 Å². The minimum absolute atomic E-state index is 0.338. The number of nitrogens with one attached hydrogen (secondary N) is 1. The van der Waals surface area contributed by atoms with Crippen LogP contribution >= 0.6 is 0 Å². The van der Waals surface area contributed by atoms with E-state index in [-0.39, 0.29) is 6.61 Å². The van der Waals surface area contributed by atoms with Gasteiger partial charge in [0.2, 0.25) is 5.91 Å². The van der Waals surface area contributed by atoms with Gasteiger partial charge in [0.1, 0.15) is 18.8 Å². The normalized spacial score (nSPS) is 29.3. The van der Waals surface area contributed by atoms with Crippen molar-refractivity contribution in [3.63, 3.8) is 0 Å². The van der Waals surface area contributed by atoms with Gasteiger partial charge in [0.15, 0.2) is 18.5 Å². The monoisotopic (exact) mass is 347 g/mol. The highest BCUT2D eigenvalue weighted by Crippen LogP contribution is 2.26. The first kappa shape index (κ1) is 19.8. The van der Waals surface area contributed by atoms with Crippen molar-refractivity contribution in [2.24, 2.45) is 0 Å². The van der Waals surface area contributed by atoms with Gasteiger partial charge in [-0.3, -0.25) is 19.2 Å². The maximum absolute atomic E-state index is 11.4. The topological polar surface area (TPSA) is 137 Å². The van der Waals surface area contributed by atoms with Crippen LogP contribution in [0.2, 0.25) is 0 Å². The molecule has 0 spiro atoms. The molecule has 1 aliphatic heterocycles. The molecule has 0 bridgehead atoms. The second kappa shape index (κ2) is 8.60. The number of ether oxygens (including phenoxy) is 4. The molecule has 0 aliphatic carbocycles. The Kier molecular flexibility index (Phi) is 7.11. The van der Waals surface area contributed by atoms with E-state index < -0.39 is 54.5 Å². The van der Waals surface area contributed by atoms with Crippen molar-refractivity contribution in [1.29, 1.82) is 0 Å². The first-order chi connectivity index (χ1) is 11.1. The number of esters is 3. The zero-order valence-corrected chi connectivity index (χ0v) is 13.8. The molecule has 0 aromatic heterocycles. The van der Waals surface area contributed by atoms with E-state index in [1.54, 1.807) is 0 Å². The molecule has 0 radical (unpaired) electrons. The van der Waals surface area contributed by atoms with Crippen molar-refractivity contribution < 1.29 is 43.2 Å². The maximum atomic E-state index is 11.4. The number of aliphatic hydroxyl groups is 1. The first-order valence-corrected chi connectivity index (χ1v) is 7.20. The van der Waals surface area contributed by atoms with Crippen LogP contribution in [0.1, 0.15) is 27.7 Å². The van der Waals surface area contributed by atoms with Gasteiger partial charge in [0.05, 0.1) is 0 Å². The molecule has 0 saturated carbocycles. The van der Waals surface area contributed by atoms with Gasteiger partial charge in [-0.1, -0.05) is 0 Å². The van der Waals surface area contributed by atoms with Crippen molar-refractivity contribution in [2.45, 2.75) is 58.3 Å². The van der Waals surface area contributed by atoms with Gasteiger partial charge in [-0.2, -0.15) is 0 Å². The smallest absolute Gasteiger partial charge is 0.303 e. The van der Waals surface area contributed by atoms with Crippen LogP contribution in [-0.4, -0.2) is 66.2 Å². The lowest BCUT2D eigenvalue weighted by Gasteiger charge is -2.43. The Morgan fingerprint density at radius 3 is 1.96 bits per heavy atom. The van der Waals surface area contributed by atoms with Crippen molar-refractivity contribution in [2.75, 3.05) is 6.61 Å². The van der Waals surface area contributed by atoms with Crippen LogP contribution in [-0.2, 0) is 38.1 Å². The molecular formula is C14H21NO9. The summed E-state index contributed by atoms with van der Waals surface area (Å²) in [5, 5.41) is 12.5. The number of aliphatic hydroxyl groups excluding tert-OH is 1. The molecule has 1 heterocycles. The molecule has 5 atom stereocenters. The minimum Gasteiger partial charge on any atom is -0.463 e. The quantitative estimate of drug-likeness (QED) is 0.456. The van der Waals surface area contributed by atoms with Gasteiger partial charge in [-0.25, -0.2) is 0 Å². The average Bonchev–Trinajstić information content (AvgIpc) is 2.42. The Morgan fingerprint density at radius 1 is 0.958 bits per heavy atom. The van der Waals surface area contributed by atoms with E-state index in [4.69, 9.17) is 18.9 Å². The summed E-state index contributed by atoms with van der Waals surface area (Å²) in [5.41, 5.74) is 0. The summed E-state index contributed by atoms with van der Waals surface area (Å²) < 4.78 is 20.3. The molecule has 10 nitrogen and oxygen atoms in total. The Bertz CT molecular complexity index is 506. The zero-order chi connectivity index (χ0) is 18.4. The second-order valence-electron chi connectivity index (χ2n) is 5.24. The summed E-state index contributed by atoms with van der Waals surface area (Å²) in [7, 11) is 0. The fourth-order valence-corrected chi connectivity index (χ4v) is 2.31. The molecule has 2 unspecified atom stereocenters. The van der Waals surface area contributed by atoms with E-state index in [1.165, 1.54) is 13.8 Å². The van der Waals surface area contributed by atoms with Crippen LogP contribution in [0.3, 0.4) is 0 Å². The highest BCUT2D eigenvalue weighted by Gasteiger charge is 2.50. The Balaban J connectivity index is 3.11. The summed E-state index contributed by atoms with van der Waals surface area (Å²) in [6.07, 6.45) is -5.06. The molecule has 0 aromatic carbocycles. The third-order valence-corrected chi connectivity index (χ3v) is 3.09. The lowest BCUT2D eigenvalue weighted by atomic mass is 9.96. The second-order valence-corrected chi connectivity index (χ2v) is 5.24. The fourth-order valence-electron chi connectivity index (χ4n) is 2.31. The first-order valence-electron chi connectivity index (χ1n) is 7.20. The van der Waals surface area contributed by atoms with Crippen LogP contribution in [0, 0.1) is 0 Å². The van der Waals surface area contributed by atoms with E-state index in [0.29, 0.717) is 0 Å². The van der Waals surface area contributed by atoms with Crippen LogP contribution < -0.4 is 5.32 Å². The molecule has 0 aromatic rings. The lowest BCUT2D eigenvalue weighted by molar-refractivity contribution is -0.264. The molecule has 1 fully saturated rings. The predicted molar refractivity (Wildman–Crippen MR) is 76.2 cm³/mol. The molecule has 10 heteroatoms. The largest absolute Gasteiger partial charge is 0.463 e. The number of hydrogen-bond donors (Lipinski definition) is 2. The molecular weight excluding hydrogens is 326 g/mol. The van der Waals surface area contributed by atoms with Crippen molar-refractivity contribution in [3.05, 3.63) is 0 Å². The van der Waals surface area contributed by atoms with E-state index in [2.05, 4.69) is 5.32 Å². The lowest BCUT2D eigenvalue weighted by Crippen LogP contribution is -2.66. The van der Waals surface area contributed by atoms with Crippen molar-refractivity contribution >= 4 is 23.8 Å². The number of carbonyl (C=O) groups is 4. The summed E-state index contributed by atoms with van der Waals surface area (Å²) in [4.78, 5) is 45.0. The Morgan fingerprint density at radius 2 is 1.50 bits per heavy atom. The number of carbonyl (C=O) groups excluding carboxylic acids is 4.